The Balaban J connectivity index is 2.24. The van der Waals surface area contributed by atoms with Crippen LogP contribution in [-0.2, 0) is 4.79 Å². The molecular weight excluding hydrogens is 258 g/mol. The van der Waals surface area contributed by atoms with Gasteiger partial charge in [0.1, 0.15) is 0 Å². The third-order valence-electron chi connectivity index (χ3n) is 3.71. The zero-order chi connectivity index (χ0) is 14.0. The third-order valence-corrected chi connectivity index (χ3v) is 4.65. The number of carbonyl (C=O) groups excluding carboxylic acids is 1. The van der Waals surface area contributed by atoms with Crippen molar-refractivity contribution in [3.05, 3.63) is 22.4 Å². The van der Waals surface area contributed by atoms with Crippen molar-refractivity contribution in [1.29, 1.82) is 0 Å². The van der Waals surface area contributed by atoms with Gasteiger partial charge in [-0.3, -0.25) is 9.69 Å². The summed E-state index contributed by atoms with van der Waals surface area (Å²) in [4.78, 5) is 17.5. The number of hydrogen-bond acceptors (Lipinski definition) is 4. The molecule has 0 aliphatic carbocycles. The van der Waals surface area contributed by atoms with Crippen LogP contribution in [0.1, 0.15) is 30.7 Å². The summed E-state index contributed by atoms with van der Waals surface area (Å²) in [5.41, 5.74) is 6.19. The highest BCUT2D eigenvalue weighted by atomic mass is 32.1. The van der Waals surface area contributed by atoms with E-state index in [1.165, 1.54) is 4.88 Å². The summed E-state index contributed by atoms with van der Waals surface area (Å²) in [5, 5.41) is 2.07. The predicted octanol–water partition coefficient (Wildman–Crippen LogP) is 1.69. The first-order chi connectivity index (χ1) is 9.02. The number of carbonyl (C=O) groups is 1. The van der Waals surface area contributed by atoms with E-state index in [2.05, 4.69) is 16.3 Å². The molecule has 1 amide bonds. The third kappa shape index (κ3) is 2.99. The summed E-state index contributed by atoms with van der Waals surface area (Å²) in [6, 6.07) is 4.32. The fraction of sp³-hybridized carbons (Fsp3) is 0.643. The molecule has 3 atom stereocenters. The van der Waals surface area contributed by atoms with Crippen molar-refractivity contribution in [2.75, 3.05) is 20.6 Å². The van der Waals surface area contributed by atoms with Crippen molar-refractivity contribution < 1.29 is 4.79 Å². The molecule has 5 heteroatoms. The van der Waals surface area contributed by atoms with Crippen molar-refractivity contribution in [1.82, 2.24) is 9.80 Å². The van der Waals surface area contributed by atoms with Crippen LogP contribution in [0.25, 0.3) is 0 Å². The molecule has 0 radical (unpaired) electrons. The summed E-state index contributed by atoms with van der Waals surface area (Å²) in [7, 11) is 3.65. The number of hydrogen-bond donors (Lipinski definition) is 1. The fourth-order valence-corrected chi connectivity index (χ4v) is 3.83. The monoisotopic (exact) mass is 281 g/mol. The molecule has 4 nitrogen and oxygen atoms in total. The Bertz CT molecular complexity index is 416. The summed E-state index contributed by atoms with van der Waals surface area (Å²) in [6.45, 7) is 2.98. The van der Waals surface area contributed by atoms with E-state index in [-0.39, 0.29) is 24.0 Å². The lowest BCUT2D eigenvalue weighted by molar-refractivity contribution is -0.134. The van der Waals surface area contributed by atoms with Crippen LogP contribution in [0.2, 0.25) is 0 Å². The molecule has 2 heterocycles. The van der Waals surface area contributed by atoms with Gasteiger partial charge in [0.25, 0.3) is 0 Å². The molecule has 0 saturated carbocycles. The van der Waals surface area contributed by atoms with Gasteiger partial charge < -0.3 is 10.6 Å². The molecule has 1 aliphatic heterocycles. The highest BCUT2D eigenvalue weighted by Gasteiger charge is 2.38. The first kappa shape index (κ1) is 14.5. The summed E-state index contributed by atoms with van der Waals surface area (Å²) in [6.07, 6.45) is 2.00. The second kappa shape index (κ2) is 6.03. The topological polar surface area (TPSA) is 49.6 Å². The lowest BCUT2D eigenvalue weighted by atomic mass is 10.1. The number of likely N-dealkylation sites (tertiary alicyclic amines) is 1. The molecular formula is C14H23N3OS. The Kier molecular flexibility index (Phi) is 4.60. The van der Waals surface area contributed by atoms with E-state index in [4.69, 9.17) is 5.73 Å². The Labute approximate surface area is 119 Å². The minimum atomic E-state index is -0.0203. The van der Waals surface area contributed by atoms with Crippen LogP contribution in [-0.4, -0.2) is 48.4 Å². The number of rotatable bonds is 4. The summed E-state index contributed by atoms with van der Waals surface area (Å²) >= 11 is 1.72. The molecule has 3 unspecified atom stereocenters. The Morgan fingerprint density at radius 3 is 2.84 bits per heavy atom. The van der Waals surface area contributed by atoms with Crippen LogP contribution in [0.15, 0.2) is 17.5 Å². The maximum Gasteiger partial charge on any atom is 0.239 e. The number of nitrogens with zero attached hydrogens (tertiary/aromatic N) is 2. The first-order valence-corrected chi connectivity index (χ1v) is 7.66. The maximum atomic E-state index is 12.3. The molecule has 0 aromatic carbocycles. The summed E-state index contributed by atoms with van der Waals surface area (Å²) < 4.78 is 0. The fourth-order valence-electron chi connectivity index (χ4n) is 2.87. The van der Waals surface area contributed by atoms with E-state index in [0.717, 1.165) is 19.4 Å². The van der Waals surface area contributed by atoms with E-state index in [9.17, 15) is 4.79 Å². The van der Waals surface area contributed by atoms with Gasteiger partial charge in [-0.25, -0.2) is 0 Å². The molecule has 1 aliphatic rings. The largest absolute Gasteiger partial charge is 0.347 e. The Morgan fingerprint density at radius 1 is 1.58 bits per heavy atom. The molecule has 0 spiro atoms. The number of nitrogens with two attached hydrogens (primary N) is 1. The molecule has 1 saturated heterocycles. The van der Waals surface area contributed by atoms with Crippen LogP contribution >= 0.6 is 11.3 Å². The number of amides is 1. The molecule has 2 N–H and O–H groups in total. The van der Waals surface area contributed by atoms with Crippen LogP contribution in [0, 0.1) is 0 Å². The second-order valence-electron chi connectivity index (χ2n) is 5.45. The van der Waals surface area contributed by atoms with Crippen LogP contribution in [0.5, 0.6) is 0 Å². The van der Waals surface area contributed by atoms with E-state index < -0.39 is 0 Å². The van der Waals surface area contributed by atoms with Crippen molar-refractivity contribution in [3.63, 3.8) is 0 Å². The highest BCUT2D eigenvalue weighted by molar-refractivity contribution is 7.10. The zero-order valence-electron chi connectivity index (χ0n) is 11.9. The van der Waals surface area contributed by atoms with E-state index >= 15 is 0 Å². The Hall–Kier alpha value is -0.910. The Morgan fingerprint density at radius 2 is 2.32 bits per heavy atom. The van der Waals surface area contributed by atoms with Gasteiger partial charge in [0.15, 0.2) is 0 Å². The molecule has 1 aromatic heterocycles. The van der Waals surface area contributed by atoms with Gasteiger partial charge in [0, 0.05) is 25.0 Å². The minimum absolute atomic E-state index is 0.0203. The smallest absolute Gasteiger partial charge is 0.239 e. The highest BCUT2D eigenvalue weighted by Crippen LogP contribution is 2.34. The van der Waals surface area contributed by atoms with Crippen molar-refractivity contribution in [3.8, 4) is 0 Å². The molecule has 1 fully saturated rings. The number of thiophene rings is 1. The zero-order valence-corrected chi connectivity index (χ0v) is 12.7. The van der Waals surface area contributed by atoms with Gasteiger partial charge in [-0.15, -0.1) is 11.3 Å². The quantitative estimate of drug-likeness (QED) is 0.913. The summed E-state index contributed by atoms with van der Waals surface area (Å²) in [5.74, 6) is 0.194. The van der Waals surface area contributed by atoms with E-state index in [0.29, 0.717) is 0 Å². The minimum Gasteiger partial charge on any atom is -0.347 e. The van der Waals surface area contributed by atoms with Crippen molar-refractivity contribution in [2.45, 2.75) is 37.9 Å². The predicted molar refractivity (Wildman–Crippen MR) is 79.1 cm³/mol. The van der Waals surface area contributed by atoms with Gasteiger partial charge in [0.2, 0.25) is 5.91 Å². The second-order valence-corrected chi connectivity index (χ2v) is 6.43. The average molecular weight is 281 g/mol. The van der Waals surface area contributed by atoms with Gasteiger partial charge >= 0.3 is 0 Å². The maximum absolute atomic E-state index is 12.3. The molecule has 1 aromatic rings. The number of likely N-dealkylation sites (N-methyl/N-ethyl adjacent to an activating group) is 1. The van der Waals surface area contributed by atoms with E-state index in [1.807, 2.05) is 27.1 Å². The molecule has 2 rings (SSSR count). The first-order valence-electron chi connectivity index (χ1n) is 6.78. The van der Waals surface area contributed by atoms with Crippen molar-refractivity contribution in [2.24, 2.45) is 5.73 Å². The lowest BCUT2D eigenvalue weighted by Crippen LogP contribution is -2.48. The SMILES string of the molecule is CC(N)C(c1cccs1)N1CCCC1C(=O)N(C)C. The molecule has 0 bridgehead atoms. The van der Waals surface area contributed by atoms with Gasteiger partial charge in [-0.05, 0) is 37.8 Å². The van der Waals surface area contributed by atoms with Crippen LogP contribution in [0.3, 0.4) is 0 Å². The average Bonchev–Trinajstić information content (AvgIpc) is 2.99. The van der Waals surface area contributed by atoms with Gasteiger partial charge in [-0.2, -0.15) is 0 Å². The van der Waals surface area contributed by atoms with Crippen LogP contribution in [0.4, 0.5) is 0 Å². The van der Waals surface area contributed by atoms with Gasteiger partial charge in [-0.1, -0.05) is 6.07 Å². The standard InChI is InChI=1S/C14H23N3OS/c1-10(15)13(12-7-5-9-19-12)17-8-4-6-11(17)14(18)16(2)3/h5,7,9-11,13H,4,6,8,15H2,1-3H3. The lowest BCUT2D eigenvalue weighted by Gasteiger charge is -2.35. The van der Waals surface area contributed by atoms with Crippen molar-refractivity contribution >= 4 is 17.2 Å². The normalized spacial score (nSPS) is 23.3. The molecule has 19 heavy (non-hydrogen) atoms. The van der Waals surface area contributed by atoms with Gasteiger partial charge in [0.05, 0.1) is 12.1 Å². The van der Waals surface area contributed by atoms with E-state index in [1.54, 1.807) is 16.2 Å². The molecule has 106 valence electrons. The van der Waals surface area contributed by atoms with Crippen LogP contribution < -0.4 is 5.73 Å².